The molecule has 2 aliphatic rings. The molecule has 0 unspecified atom stereocenters. The van der Waals surface area contributed by atoms with Crippen LogP contribution in [0.25, 0.3) is 0 Å². The van der Waals surface area contributed by atoms with Crippen LogP contribution in [-0.4, -0.2) is 72.5 Å². The van der Waals surface area contributed by atoms with Crippen LogP contribution in [0.5, 0.6) is 0 Å². The molecule has 2 saturated heterocycles. The average Bonchev–Trinajstić information content (AvgIpc) is 2.83. The van der Waals surface area contributed by atoms with Gasteiger partial charge in [0.2, 0.25) is 0 Å². The topological polar surface area (TPSA) is 26.8 Å². The standard InChI is InChI=1S/C26H29F6N3O/c1-33-9-11-34(12-10-33)22-7-8-35(23(17-22)13-18-5-3-2-4-6-18)24(36)19-14-20(25(27,28)29)16-21(15-19)26(30,31)32/h2-6,14-16,22-23H,7-13,17H2,1H3/t22-,23-/m1/s1. The number of halogens is 6. The highest BCUT2D eigenvalue weighted by Gasteiger charge is 2.40. The number of amides is 1. The predicted molar refractivity (Wildman–Crippen MR) is 124 cm³/mol. The number of piperazine rings is 1. The molecular formula is C26H29F6N3O. The Bertz CT molecular complexity index is 1020. The highest BCUT2D eigenvalue weighted by atomic mass is 19.4. The van der Waals surface area contributed by atoms with Gasteiger partial charge >= 0.3 is 12.4 Å². The van der Waals surface area contributed by atoms with Crippen molar-refractivity contribution in [1.29, 1.82) is 0 Å². The Balaban J connectivity index is 1.63. The van der Waals surface area contributed by atoms with E-state index in [1.165, 1.54) is 4.90 Å². The second kappa shape index (κ2) is 10.4. The maximum atomic E-state index is 13.5. The van der Waals surface area contributed by atoms with Gasteiger partial charge in [0.1, 0.15) is 0 Å². The maximum absolute atomic E-state index is 13.5. The quantitative estimate of drug-likeness (QED) is 0.527. The minimum absolute atomic E-state index is 0.0534. The third-order valence-electron chi connectivity index (χ3n) is 7.15. The van der Waals surface area contributed by atoms with Crippen LogP contribution in [0.4, 0.5) is 26.3 Å². The van der Waals surface area contributed by atoms with Crippen LogP contribution in [0.2, 0.25) is 0 Å². The van der Waals surface area contributed by atoms with Crippen LogP contribution in [0.15, 0.2) is 48.5 Å². The molecule has 0 spiro atoms. The van der Waals surface area contributed by atoms with Crippen molar-refractivity contribution in [3.05, 3.63) is 70.8 Å². The number of likely N-dealkylation sites (tertiary alicyclic amines) is 1. The fourth-order valence-corrected chi connectivity index (χ4v) is 5.14. The van der Waals surface area contributed by atoms with Crippen molar-refractivity contribution >= 4 is 5.91 Å². The number of nitrogens with zero attached hydrogens (tertiary/aromatic N) is 3. The molecule has 2 aliphatic heterocycles. The summed E-state index contributed by atoms with van der Waals surface area (Å²) in [6.45, 7) is 3.89. The molecule has 0 aromatic heterocycles. The lowest BCUT2D eigenvalue weighted by Crippen LogP contribution is -2.56. The van der Waals surface area contributed by atoms with Gasteiger partial charge in [0, 0.05) is 50.4 Å². The Morgan fingerprint density at radius 2 is 1.44 bits per heavy atom. The number of alkyl halides is 6. The SMILES string of the molecule is CN1CCN([C@@H]2CCN(C(=O)c3cc(C(F)(F)F)cc(C(F)(F)F)c3)[C@H](Cc3ccccc3)C2)CC1. The molecule has 2 atom stereocenters. The molecule has 0 aliphatic carbocycles. The summed E-state index contributed by atoms with van der Waals surface area (Å²) >= 11 is 0. The maximum Gasteiger partial charge on any atom is 0.416 e. The number of carbonyl (C=O) groups excluding carboxylic acids is 1. The van der Waals surface area contributed by atoms with Gasteiger partial charge < -0.3 is 9.80 Å². The molecular weight excluding hydrogens is 484 g/mol. The average molecular weight is 514 g/mol. The summed E-state index contributed by atoms with van der Waals surface area (Å²) in [7, 11) is 2.06. The Kier molecular flexibility index (Phi) is 7.66. The van der Waals surface area contributed by atoms with E-state index in [1.807, 2.05) is 30.3 Å². The molecule has 2 aromatic carbocycles. The van der Waals surface area contributed by atoms with Crippen LogP contribution in [0.1, 0.15) is 39.9 Å². The fourth-order valence-electron chi connectivity index (χ4n) is 5.14. The molecule has 0 N–H and O–H groups in total. The van der Waals surface area contributed by atoms with E-state index >= 15 is 0 Å². The number of hydrogen-bond donors (Lipinski definition) is 0. The van der Waals surface area contributed by atoms with E-state index < -0.39 is 35.0 Å². The first-order chi connectivity index (χ1) is 16.9. The first kappa shape index (κ1) is 26.5. The van der Waals surface area contributed by atoms with Gasteiger partial charge in [-0.05, 0) is 50.1 Å². The van der Waals surface area contributed by atoms with Crippen LogP contribution < -0.4 is 0 Å². The normalized spacial score (nSPS) is 22.6. The summed E-state index contributed by atoms with van der Waals surface area (Å²) in [5, 5.41) is 0. The van der Waals surface area contributed by atoms with Crippen LogP contribution >= 0.6 is 0 Å². The van der Waals surface area contributed by atoms with E-state index in [0.29, 0.717) is 31.4 Å². The van der Waals surface area contributed by atoms with Crippen molar-refractivity contribution < 1.29 is 31.1 Å². The van der Waals surface area contributed by atoms with Crippen molar-refractivity contribution in [3.63, 3.8) is 0 Å². The first-order valence-corrected chi connectivity index (χ1v) is 12.0. The largest absolute Gasteiger partial charge is 0.416 e. The molecule has 10 heteroatoms. The highest BCUT2D eigenvalue weighted by Crippen LogP contribution is 2.37. The van der Waals surface area contributed by atoms with Crippen molar-refractivity contribution in [3.8, 4) is 0 Å². The molecule has 2 fully saturated rings. The van der Waals surface area contributed by atoms with Gasteiger partial charge in [-0.3, -0.25) is 9.69 Å². The number of likely N-dealkylation sites (N-methyl/N-ethyl adjacent to an activating group) is 1. The molecule has 0 bridgehead atoms. The first-order valence-electron chi connectivity index (χ1n) is 12.0. The third kappa shape index (κ3) is 6.21. The lowest BCUT2D eigenvalue weighted by molar-refractivity contribution is -0.143. The molecule has 0 radical (unpaired) electrons. The number of piperidine rings is 1. The van der Waals surface area contributed by atoms with E-state index in [1.54, 1.807) is 0 Å². The molecule has 196 valence electrons. The second-order valence-electron chi connectivity index (χ2n) is 9.65. The Hall–Kier alpha value is -2.59. The number of benzene rings is 2. The fraction of sp³-hybridized carbons (Fsp3) is 0.500. The molecule has 36 heavy (non-hydrogen) atoms. The van der Waals surface area contributed by atoms with E-state index in [2.05, 4.69) is 16.8 Å². The zero-order chi connectivity index (χ0) is 26.1. The Morgan fingerprint density at radius 1 is 0.861 bits per heavy atom. The van der Waals surface area contributed by atoms with Crippen LogP contribution in [-0.2, 0) is 18.8 Å². The molecule has 2 aromatic rings. The predicted octanol–water partition coefficient (Wildman–Crippen LogP) is 5.19. The summed E-state index contributed by atoms with van der Waals surface area (Å²) in [5.74, 6) is -0.802. The van der Waals surface area contributed by atoms with Gasteiger partial charge in [0.05, 0.1) is 11.1 Å². The molecule has 4 rings (SSSR count). The Morgan fingerprint density at radius 3 is 2.00 bits per heavy atom. The summed E-state index contributed by atoms with van der Waals surface area (Å²) in [4.78, 5) is 19.5. The number of carbonyl (C=O) groups is 1. The minimum Gasteiger partial charge on any atom is -0.335 e. The van der Waals surface area contributed by atoms with Crippen LogP contribution in [0, 0.1) is 0 Å². The van der Waals surface area contributed by atoms with E-state index in [0.717, 1.165) is 31.7 Å². The molecule has 2 heterocycles. The van der Waals surface area contributed by atoms with Crippen molar-refractivity contribution in [2.45, 2.75) is 43.7 Å². The summed E-state index contributed by atoms with van der Waals surface area (Å²) < 4.78 is 80.3. The van der Waals surface area contributed by atoms with E-state index in [9.17, 15) is 31.1 Å². The summed E-state index contributed by atoms with van der Waals surface area (Å²) in [6, 6.07) is 10.4. The monoisotopic (exact) mass is 513 g/mol. The second-order valence-corrected chi connectivity index (χ2v) is 9.65. The smallest absolute Gasteiger partial charge is 0.335 e. The van der Waals surface area contributed by atoms with Gasteiger partial charge in [0.25, 0.3) is 5.91 Å². The van der Waals surface area contributed by atoms with Gasteiger partial charge in [-0.25, -0.2) is 0 Å². The Labute approximate surface area is 206 Å². The summed E-state index contributed by atoms with van der Waals surface area (Å²) in [5.41, 5.74) is -2.59. The van der Waals surface area contributed by atoms with Gasteiger partial charge in [-0.2, -0.15) is 26.3 Å². The highest BCUT2D eigenvalue weighted by molar-refractivity contribution is 5.95. The van der Waals surface area contributed by atoms with E-state index in [4.69, 9.17) is 0 Å². The number of hydrogen-bond acceptors (Lipinski definition) is 3. The van der Waals surface area contributed by atoms with Crippen molar-refractivity contribution in [1.82, 2.24) is 14.7 Å². The lowest BCUT2D eigenvalue weighted by atomic mass is 9.90. The number of rotatable bonds is 4. The third-order valence-corrected chi connectivity index (χ3v) is 7.15. The van der Waals surface area contributed by atoms with Crippen LogP contribution in [0.3, 0.4) is 0 Å². The van der Waals surface area contributed by atoms with E-state index in [-0.39, 0.29) is 24.7 Å². The van der Waals surface area contributed by atoms with Gasteiger partial charge in [0.15, 0.2) is 0 Å². The minimum atomic E-state index is -5.01. The lowest BCUT2D eigenvalue weighted by Gasteiger charge is -2.46. The zero-order valence-corrected chi connectivity index (χ0v) is 19.9. The van der Waals surface area contributed by atoms with Gasteiger partial charge in [-0.15, -0.1) is 0 Å². The van der Waals surface area contributed by atoms with Crippen molar-refractivity contribution in [2.24, 2.45) is 0 Å². The molecule has 0 saturated carbocycles. The molecule has 4 nitrogen and oxygen atoms in total. The van der Waals surface area contributed by atoms with Crippen molar-refractivity contribution in [2.75, 3.05) is 39.8 Å². The van der Waals surface area contributed by atoms with Gasteiger partial charge in [-0.1, -0.05) is 30.3 Å². The zero-order valence-electron chi connectivity index (χ0n) is 19.9. The summed E-state index contributed by atoms with van der Waals surface area (Å²) in [6.07, 6.45) is -8.31. The molecule has 1 amide bonds.